The van der Waals surface area contributed by atoms with E-state index in [2.05, 4.69) is 47.1 Å². The molecule has 1 atom stereocenters. The largest absolute Gasteiger partial charge is 0.369 e. The second-order valence-corrected chi connectivity index (χ2v) is 11.2. The van der Waals surface area contributed by atoms with Crippen LogP contribution in [0.5, 0.6) is 0 Å². The lowest BCUT2D eigenvalue weighted by molar-refractivity contribution is 0.634. The lowest BCUT2D eigenvalue weighted by Gasteiger charge is -2.22. The summed E-state index contributed by atoms with van der Waals surface area (Å²) in [5.74, 6) is 0.928. The fourth-order valence-electron chi connectivity index (χ4n) is 3.96. The van der Waals surface area contributed by atoms with E-state index in [4.69, 9.17) is 0 Å². The zero-order valence-corrected chi connectivity index (χ0v) is 24.1. The van der Waals surface area contributed by atoms with Crippen molar-refractivity contribution in [2.24, 2.45) is 0 Å². The van der Waals surface area contributed by atoms with Gasteiger partial charge >= 0.3 is 0 Å². The van der Waals surface area contributed by atoms with Crippen LogP contribution in [-0.4, -0.2) is 56.6 Å². The van der Waals surface area contributed by atoms with Crippen molar-refractivity contribution >= 4 is 45.5 Å². The smallest absolute Gasteiger partial charge is 0.228 e. The van der Waals surface area contributed by atoms with E-state index in [9.17, 15) is 4.21 Å². The Bertz CT molecular complexity index is 1410. The Kier molecular flexibility index (Phi) is 9.90. The number of halogens is 1. The maximum Gasteiger partial charge on any atom is 0.228 e. The quantitative estimate of drug-likeness (QED) is 0.197. The van der Waals surface area contributed by atoms with Crippen molar-refractivity contribution < 1.29 is 8.60 Å². The number of thiazole rings is 1. The summed E-state index contributed by atoms with van der Waals surface area (Å²) in [5.41, 5.74) is 2.63. The number of aryl methyl sites for hydroxylation is 1. The number of rotatable bonds is 13. The number of hydrogen-bond acceptors (Lipinski definition) is 9. The molecule has 1 aromatic carbocycles. The third-order valence-electron chi connectivity index (χ3n) is 5.86. The van der Waals surface area contributed by atoms with Gasteiger partial charge in [0.05, 0.1) is 38.8 Å². The molecular weight excluding hydrogens is 535 g/mol. The normalized spacial score (nSPS) is 11.8. The van der Waals surface area contributed by atoms with E-state index in [1.165, 1.54) is 11.3 Å². The fraction of sp³-hybridized carbons (Fsp3) is 0.333. The van der Waals surface area contributed by atoms with Gasteiger partial charge in [-0.25, -0.2) is 28.5 Å². The Hall–Kier alpha value is -3.48. The first-order valence-corrected chi connectivity index (χ1v) is 14.9. The number of nitrogens with zero attached hydrogens (tertiary/aromatic N) is 5. The minimum Gasteiger partial charge on any atom is -0.369 e. The number of anilines is 4. The van der Waals surface area contributed by atoms with Crippen molar-refractivity contribution in [3.8, 4) is 21.8 Å². The summed E-state index contributed by atoms with van der Waals surface area (Å²) in [6.45, 7) is 8.57. The second-order valence-electron chi connectivity index (χ2n) is 8.70. The predicted octanol–water partition coefficient (Wildman–Crippen LogP) is 5.38. The van der Waals surface area contributed by atoms with Crippen LogP contribution in [0, 0.1) is 12.7 Å². The molecule has 0 amide bonds. The topological polar surface area (TPSA) is 108 Å². The standard InChI is InChI=1S/C27H33FN8OS2/c1-5-16-39(37)35-21-9-7-8-20(24(21)28)25-26(38-18(3)32-25)22-12-13-30-27(33-22)34-23-11-10-19(17-31-23)36(6-2)15-14-29-4/h7-13,17,29,35H,5-6,14-16H2,1-4H3,(H,30,31,33,34). The van der Waals surface area contributed by atoms with E-state index < -0.39 is 16.8 Å². The van der Waals surface area contributed by atoms with Gasteiger partial charge < -0.3 is 20.3 Å². The zero-order chi connectivity index (χ0) is 27.8. The van der Waals surface area contributed by atoms with Gasteiger partial charge in [-0.1, -0.05) is 13.0 Å². The Balaban J connectivity index is 1.59. The highest BCUT2D eigenvalue weighted by atomic mass is 32.2. The van der Waals surface area contributed by atoms with Crippen LogP contribution in [0.25, 0.3) is 21.8 Å². The van der Waals surface area contributed by atoms with Crippen LogP contribution in [-0.2, 0) is 11.0 Å². The summed E-state index contributed by atoms with van der Waals surface area (Å²) in [7, 11) is 0.577. The Labute approximate surface area is 234 Å². The molecule has 0 radical (unpaired) electrons. The monoisotopic (exact) mass is 568 g/mol. The van der Waals surface area contributed by atoms with E-state index in [-0.39, 0.29) is 5.69 Å². The summed E-state index contributed by atoms with van der Waals surface area (Å²) in [6, 6.07) is 10.7. The van der Waals surface area contributed by atoms with Crippen LogP contribution in [0.3, 0.4) is 0 Å². The number of aromatic nitrogens is 4. The first-order valence-electron chi connectivity index (χ1n) is 12.8. The molecule has 0 spiro atoms. The van der Waals surface area contributed by atoms with Gasteiger partial charge in [0.1, 0.15) is 16.8 Å². The molecule has 4 aromatic rings. The van der Waals surface area contributed by atoms with Crippen molar-refractivity contribution in [3.05, 3.63) is 59.6 Å². The first kappa shape index (κ1) is 28.5. The van der Waals surface area contributed by atoms with Gasteiger partial charge in [0.25, 0.3) is 0 Å². The Morgan fingerprint density at radius 1 is 1.10 bits per heavy atom. The van der Waals surface area contributed by atoms with E-state index in [0.29, 0.717) is 34.5 Å². The van der Waals surface area contributed by atoms with Crippen molar-refractivity contribution in [2.45, 2.75) is 27.2 Å². The minimum absolute atomic E-state index is 0.183. The van der Waals surface area contributed by atoms with Crippen molar-refractivity contribution in [2.75, 3.05) is 47.4 Å². The molecule has 0 bridgehead atoms. The molecule has 9 nitrogen and oxygen atoms in total. The number of benzene rings is 1. The summed E-state index contributed by atoms with van der Waals surface area (Å²) in [4.78, 5) is 21.1. The average Bonchev–Trinajstić information content (AvgIpc) is 3.33. The molecule has 0 aliphatic carbocycles. The van der Waals surface area contributed by atoms with E-state index in [1.54, 1.807) is 30.5 Å². The van der Waals surface area contributed by atoms with Crippen molar-refractivity contribution in [1.82, 2.24) is 25.3 Å². The van der Waals surface area contributed by atoms with Crippen molar-refractivity contribution in [1.29, 1.82) is 0 Å². The zero-order valence-electron chi connectivity index (χ0n) is 22.5. The van der Waals surface area contributed by atoms with E-state index in [0.717, 1.165) is 41.6 Å². The van der Waals surface area contributed by atoms with Gasteiger partial charge in [0, 0.05) is 37.1 Å². The second kappa shape index (κ2) is 13.5. The third-order valence-corrected chi connectivity index (χ3v) is 8.08. The molecular formula is C27H33FN8OS2. The maximum atomic E-state index is 15.5. The number of nitrogens with one attached hydrogen (secondary N) is 3. The van der Waals surface area contributed by atoms with Gasteiger partial charge in [-0.15, -0.1) is 11.3 Å². The van der Waals surface area contributed by atoms with Crippen molar-refractivity contribution in [3.63, 3.8) is 0 Å². The van der Waals surface area contributed by atoms with Crippen LogP contribution in [0.1, 0.15) is 25.3 Å². The highest BCUT2D eigenvalue weighted by molar-refractivity contribution is 7.86. The molecule has 12 heteroatoms. The lowest BCUT2D eigenvalue weighted by Crippen LogP contribution is -2.30. The number of hydrogen-bond donors (Lipinski definition) is 3. The number of pyridine rings is 1. The summed E-state index contributed by atoms with van der Waals surface area (Å²) in [6.07, 6.45) is 4.21. The SMILES string of the molecule is CCCS(=O)Nc1cccc(-c2nc(C)sc2-c2ccnc(Nc3ccc(N(CC)CCNC)cn3)n2)c1F. The molecule has 1 unspecified atom stereocenters. The van der Waals surface area contributed by atoms with Gasteiger partial charge in [-0.2, -0.15) is 0 Å². The molecule has 4 rings (SSSR count). The van der Waals surface area contributed by atoms with Gasteiger partial charge in [-0.05, 0) is 57.6 Å². The molecule has 206 valence electrons. The summed E-state index contributed by atoms with van der Waals surface area (Å²) >= 11 is 1.43. The van der Waals surface area contributed by atoms with Crippen LogP contribution >= 0.6 is 11.3 Å². The fourth-order valence-corrected chi connectivity index (χ4v) is 5.74. The molecule has 3 aromatic heterocycles. The molecule has 3 N–H and O–H groups in total. The third kappa shape index (κ3) is 7.14. The van der Waals surface area contributed by atoms with Crippen LogP contribution < -0.4 is 20.3 Å². The van der Waals surface area contributed by atoms with Gasteiger partial charge in [0.15, 0.2) is 5.82 Å². The van der Waals surface area contributed by atoms with Crippen LogP contribution in [0.15, 0.2) is 48.8 Å². The van der Waals surface area contributed by atoms with Gasteiger partial charge in [0.2, 0.25) is 5.95 Å². The van der Waals surface area contributed by atoms with Gasteiger partial charge in [-0.3, -0.25) is 0 Å². The van der Waals surface area contributed by atoms with Crippen LogP contribution in [0.4, 0.5) is 27.5 Å². The molecule has 0 aliphatic heterocycles. The Morgan fingerprint density at radius 3 is 2.67 bits per heavy atom. The molecule has 0 aliphatic rings. The summed E-state index contributed by atoms with van der Waals surface area (Å²) < 4.78 is 30.5. The molecule has 0 saturated carbocycles. The average molecular weight is 569 g/mol. The highest BCUT2D eigenvalue weighted by Gasteiger charge is 2.20. The number of likely N-dealkylation sites (N-methyl/N-ethyl adjacent to an activating group) is 2. The maximum absolute atomic E-state index is 15.5. The summed E-state index contributed by atoms with van der Waals surface area (Å²) in [5, 5.41) is 7.11. The first-order chi connectivity index (χ1) is 18.9. The lowest BCUT2D eigenvalue weighted by atomic mass is 10.1. The molecule has 3 heterocycles. The molecule has 39 heavy (non-hydrogen) atoms. The predicted molar refractivity (Wildman–Crippen MR) is 160 cm³/mol. The minimum atomic E-state index is -1.36. The highest BCUT2D eigenvalue weighted by Crippen LogP contribution is 2.38. The Morgan fingerprint density at radius 2 is 1.95 bits per heavy atom. The van der Waals surface area contributed by atoms with E-state index >= 15 is 4.39 Å². The molecule has 0 fully saturated rings. The molecule has 0 saturated heterocycles. The van der Waals surface area contributed by atoms with Crippen LogP contribution in [0.2, 0.25) is 0 Å². The van der Waals surface area contributed by atoms with E-state index in [1.807, 2.05) is 39.2 Å².